The van der Waals surface area contributed by atoms with Crippen molar-refractivity contribution in [3.8, 4) is 11.5 Å². The van der Waals surface area contributed by atoms with E-state index in [1.807, 2.05) is 6.07 Å². The van der Waals surface area contributed by atoms with E-state index in [0.29, 0.717) is 48.3 Å². The second kappa shape index (κ2) is 37.5. The normalized spacial score (nSPS) is 26.6. The molecule has 2 saturated heterocycles. The van der Waals surface area contributed by atoms with Gasteiger partial charge in [-0.25, -0.2) is 0 Å². The van der Waals surface area contributed by atoms with E-state index in [4.69, 9.17) is 15.3 Å². The third-order valence-corrected chi connectivity index (χ3v) is 18.4. The fourth-order valence-electron chi connectivity index (χ4n) is 11.2. The summed E-state index contributed by atoms with van der Waals surface area (Å²) in [6.45, 7) is 6.32. The number of amides is 11. The molecule has 2 aromatic rings. The van der Waals surface area contributed by atoms with Crippen molar-refractivity contribution in [2.24, 2.45) is 16.8 Å². The number of aliphatic hydroxyl groups excluding tert-OH is 1. The van der Waals surface area contributed by atoms with Crippen LogP contribution in [0.4, 0.5) is 0 Å². The molecule has 6 rings (SSSR count). The number of oxime groups is 1. The first-order chi connectivity index (χ1) is 45.7. The summed E-state index contributed by atoms with van der Waals surface area (Å²) in [4.78, 5) is 187. The number of nitrogens with zero attached hydrogens (tertiary/aromatic N) is 3. The molecule has 0 spiro atoms. The summed E-state index contributed by atoms with van der Waals surface area (Å²) in [6.07, 6.45) is -0.511. The van der Waals surface area contributed by atoms with E-state index >= 15 is 0 Å². The van der Waals surface area contributed by atoms with Gasteiger partial charge in [0.2, 0.25) is 59.1 Å². The summed E-state index contributed by atoms with van der Waals surface area (Å²) < 4.78 is 6.24. The highest BCUT2D eigenvalue weighted by molar-refractivity contribution is 7.98. The van der Waals surface area contributed by atoms with Gasteiger partial charge in [-0.1, -0.05) is 37.2 Å². The molecule has 526 valence electrons. The molecular formula is C63H86N12O19S2-2. The van der Waals surface area contributed by atoms with E-state index in [9.17, 15) is 82.8 Å². The van der Waals surface area contributed by atoms with Gasteiger partial charge < -0.3 is 97.7 Å². The summed E-state index contributed by atoms with van der Waals surface area (Å²) in [5.74, 6) is -13.7. The van der Waals surface area contributed by atoms with E-state index in [-0.39, 0.29) is 86.5 Å². The number of aromatic hydroxyl groups is 1. The molecule has 11 atom stereocenters. The summed E-state index contributed by atoms with van der Waals surface area (Å²) in [6, 6.07) is -4.37. The lowest BCUT2D eigenvalue weighted by Gasteiger charge is -2.32. The number of phenolic OH excluding ortho intramolecular Hbond substituents is 1. The van der Waals surface area contributed by atoms with Crippen LogP contribution < -0.4 is 63.2 Å². The second-order valence-corrected chi connectivity index (χ2v) is 26.5. The largest absolute Gasteiger partial charge is 0.550 e. The van der Waals surface area contributed by atoms with Crippen molar-refractivity contribution in [1.82, 2.24) is 52.3 Å². The number of benzene rings is 2. The highest BCUT2D eigenvalue weighted by Gasteiger charge is 2.43. The Balaban J connectivity index is 1.40. The first-order valence-electron chi connectivity index (χ1n) is 31.9. The van der Waals surface area contributed by atoms with Gasteiger partial charge in [0.1, 0.15) is 84.7 Å². The van der Waals surface area contributed by atoms with Gasteiger partial charge in [-0.15, -0.1) is 0 Å². The number of hydrogen-bond donors (Lipinski definition) is 11. The fourth-order valence-corrected chi connectivity index (χ4v) is 13.2. The summed E-state index contributed by atoms with van der Waals surface area (Å²) >= 11 is 2.40. The van der Waals surface area contributed by atoms with Gasteiger partial charge in [0.15, 0.2) is 0 Å². The van der Waals surface area contributed by atoms with Crippen molar-refractivity contribution in [3.05, 3.63) is 59.2 Å². The van der Waals surface area contributed by atoms with Gasteiger partial charge >= 0.3 is 0 Å². The number of fused-ring (bicyclic) bond motifs is 7. The maximum Gasteiger partial charge on any atom is 0.266 e. The summed E-state index contributed by atoms with van der Waals surface area (Å²) in [7, 11) is 0. The number of rotatable bonds is 11. The maximum absolute atomic E-state index is 14.9. The van der Waals surface area contributed by atoms with Crippen LogP contribution in [0.1, 0.15) is 121 Å². The smallest absolute Gasteiger partial charge is 0.266 e. The lowest BCUT2D eigenvalue weighted by atomic mass is 10.0. The van der Waals surface area contributed by atoms with Crippen LogP contribution in [0.15, 0.2) is 47.6 Å². The zero-order valence-corrected chi connectivity index (χ0v) is 55.6. The highest BCUT2D eigenvalue weighted by atomic mass is 32.2. The van der Waals surface area contributed by atoms with Crippen LogP contribution in [0.2, 0.25) is 0 Å². The molecule has 33 heteroatoms. The molecule has 4 aliphatic heterocycles. The van der Waals surface area contributed by atoms with Gasteiger partial charge in [0, 0.05) is 60.9 Å². The Bertz CT molecular complexity index is 3160. The molecule has 96 heavy (non-hydrogen) atoms. The summed E-state index contributed by atoms with van der Waals surface area (Å²) in [5.41, 5.74) is 7.59. The Kier molecular flexibility index (Phi) is 29.8. The van der Waals surface area contributed by atoms with Gasteiger partial charge in [-0.3, -0.25) is 52.7 Å². The molecule has 2 fully saturated rings. The third-order valence-electron chi connectivity index (χ3n) is 16.1. The number of phenols is 1. The minimum atomic E-state index is -2.01. The Labute approximate surface area is 563 Å². The van der Waals surface area contributed by atoms with E-state index in [1.165, 1.54) is 59.6 Å². The van der Waals surface area contributed by atoms with Crippen molar-refractivity contribution in [1.29, 1.82) is 0 Å². The molecule has 1 unspecified atom stereocenters. The molecule has 11 amide bonds. The zero-order chi connectivity index (χ0) is 70.2. The molecule has 0 saturated carbocycles. The van der Waals surface area contributed by atoms with Crippen LogP contribution in [0.5, 0.6) is 11.5 Å². The van der Waals surface area contributed by atoms with Gasteiger partial charge in [-0.05, 0) is 131 Å². The first kappa shape index (κ1) is 76.3. The number of thioether (sulfide) groups is 2. The Morgan fingerprint density at radius 3 is 1.81 bits per heavy atom. The Morgan fingerprint density at radius 1 is 0.646 bits per heavy atom. The molecule has 4 bridgehead atoms. The number of hydrogen-bond acceptors (Lipinski definition) is 22. The topological polar surface area (TPSA) is 468 Å². The standard InChI is InChI=1S/C63H88N12O19S2/c1-34(2)23-43-57(86)68-45(28-52(81)82)59(88)73-53(36(4)76)63(92)75-20-10-12-49(75)61(90)70-44(27-37-13-15-40(77)16-14-37)58(87)67-42(17-18-51(79)80)56(85)71-46(54(64)83)32-95-30-38-24-39-26-41(25-38)93-21-7-5-6-8-22-94-65-29-50(78)66-35(3)55(84)72-47(33-96-31-39)62(91)74-19-9-11-48(74)60(89)69-43/h13-16,24-26,29,34-36,42-49,53,76-77H,5-12,17-23,27-28,30-33H2,1-4H3,(H2,64,83)(H,66,78)(H,67,87)(H,68,86)(H,69,89)(H,70,90)(H,71,85)(H,72,84)(H,73,88)(H,79,80)(H,81,82)/p-2/b65-29+/t35-,36+,42-,43-,44-,45-,46-,47-,48-,49-,53?/m0/s1. The van der Waals surface area contributed by atoms with Gasteiger partial charge in [-0.2, -0.15) is 23.5 Å². The van der Waals surface area contributed by atoms with Crippen molar-refractivity contribution in [2.75, 3.05) is 37.8 Å². The molecule has 12 N–H and O–H groups in total. The molecule has 31 nitrogen and oxygen atoms in total. The van der Waals surface area contributed by atoms with Crippen LogP contribution in [0, 0.1) is 5.92 Å². The lowest BCUT2D eigenvalue weighted by Crippen LogP contribution is -2.62. The van der Waals surface area contributed by atoms with E-state index in [0.717, 1.165) is 30.9 Å². The first-order valence-corrected chi connectivity index (χ1v) is 34.2. The quantitative estimate of drug-likeness (QED) is 0.104. The van der Waals surface area contributed by atoms with Crippen LogP contribution in [-0.4, -0.2) is 207 Å². The molecule has 0 radical (unpaired) electrons. The minimum Gasteiger partial charge on any atom is -0.550 e. The molecular weight excluding hydrogens is 1290 g/mol. The number of nitrogens with two attached hydrogens (primary N) is 1. The minimum absolute atomic E-state index is 0.0272. The van der Waals surface area contributed by atoms with E-state index in [1.54, 1.807) is 26.0 Å². The lowest BCUT2D eigenvalue weighted by molar-refractivity contribution is -0.307. The summed E-state index contributed by atoms with van der Waals surface area (Å²) in [5, 5.41) is 69.1. The average Bonchev–Trinajstić information content (AvgIpc) is 1.61. The number of carboxylic acid groups (broad SMARTS) is 2. The van der Waals surface area contributed by atoms with Crippen molar-refractivity contribution in [2.45, 2.75) is 189 Å². The fraction of sp³-hybridized carbons (Fsp3) is 0.587. The number of primary amides is 1. The maximum atomic E-state index is 14.9. The van der Waals surface area contributed by atoms with Crippen LogP contribution in [0.3, 0.4) is 0 Å². The molecule has 2 aromatic carbocycles. The number of carbonyl (C=O) groups excluding carboxylic acids is 13. The van der Waals surface area contributed by atoms with Crippen molar-refractivity contribution in [3.63, 3.8) is 0 Å². The molecule has 0 aromatic heterocycles. The van der Waals surface area contributed by atoms with Crippen LogP contribution in [-0.2, 0) is 85.1 Å². The Hall–Kier alpha value is -8.72. The van der Waals surface area contributed by atoms with Crippen molar-refractivity contribution >= 4 is 107 Å². The number of aliphatic carboxylic acids is 2. The number of ether oxygens (including phenoxy) is 1. The molecule has 4 aliphatic rings. The third kappa shape index (κ3) is 23.9. The van der Waals surface area contributed by atoms with Gasteiger partial charge in [0.05, 0.1) is 12.7 Å². The van der Waals surface area contributed by atoms with Crippen molar-refractivity contribution < 1.29 is 92.3 Å². The number of nitrogens with one attached hydrogen (secondary N) is 8. The SMILES string of the molecule is CC(C)C[C@@H]1NC(=O)[C@@H]2CCCN2C(=O)[C@@H]2CSCc3cc(cc(c3)OCCCCCCO/N=C/C(=O)N[C@@H](C)C(=O)N2)CSC[C@@H](C(N)=O)NC(=O)[C@H](CCC(=O)[O-])NC(=O)[C@H](Cc2ccc(O)cc2)NC(=O)[C@@H]2CCCN2C(=O)C([C@@H](C)O)NC(=O)[C@H](CC(=O)[O-])NC1=O. The van der Waals surface area contributed by atoms with Crippen LogP contribution in [0.25, 0.3) is 0 Å². The zero-order valence-electron chi connectivity index (χ0n) is 54.0. The molecule has 0 aliphatic carbocycles. The number of aliphatic hydroxyl groups is 1. The predicted molar refractivity (Wildman–Crippen MR) is 344 cm³/mol. The number of carboxylic acids is 2. The predicted octanol–water partition coefficient (Wildman–Crippen LogP) is -3.47. The van der Waals surface area contributed by atoms with E-state index < -0.39 is 163 Å². The van der Waals surface area contributed by atoms with Gasteiger partial charge in [0.25, 0.3) is 5.91 Å². The Morgan fingerprint density at radius 2 is 1.21 bits per heavy atom. The van der Waals surface area contributed by atoms with E-state index in [2.05, 4.69) is 47.7 Å². The molecule has 4 heterocycles. The highest BCUT2D eigenvalue weighted by Crippen LogP contribution is 2.28. The average molecular weight is 1380 g/mol. The second-order valence-electron chi connectivity index (χ2n) is 24.4. The number of carbonyl (C=O) groups is 13. The monoisotopic (exact) mass is 1380 g/mol. The van der Waals surface area contributed by atoms with Crippen LogP contribution >= 0.6 is 23.5 Å².